The normalized spacial score (nSPS) is 18.6. The molecular weight excluding hydrogens is 214 g/mol. The van der Waals surface area contributed by atoms with E-state index in [0.717, 1.165) is 24.7 Å². The molecule has 1 heterocycles. The Kier molecular flexibility index (Phi) is 4.36. The van der Waals surface area contributed by atoms with Crippen LogP contribution in [0.4, 0.5) is 5.95 Å². The Bertz CT molecular complexity index is 329. The molecule has 5 heteroatoms. The maximum absolute atomic E-state index is 5.46. The molecule has 0 spiro atoms. The van der Waals surface area contributed by atoms with Crippen molar-refractivity contribution in [2.45, 2.75) is 51.5 Å². The van der Waals surface area contributed by atoms with Crippen LogP contribution in [0.2, 0.25) is 0 Å². The van der Waals surface area contributed by atoms with Crippen molar-refractivity contribution in [2.75, 3.05) is 12.3 Å². The molecule has 1 aliphatic rings. The average Bonchev–Trinajstić information content (AvgIpc) is 2.96. The molecule has 0 saturated heterocycles. The number of aromatic nitrogens is 3. The van der Waals surface area contributed by atoms with E-state index in [1.54, 1.807) is 0 Å². The summed E-state index contributed by atoms with van der Waals surface area (Å²) in [5.41, 5.74) is 5.46. The molecule has 2 rings (SSSR count). The maximum atomic E-state index is 5.46. The Morgan fingerprint density at radius 2 is 2.24 bits per heavy atom. The van der Waals surface area contributed by atoms with Gasteiger partial charge in [0.1, 0.15) is 5.82 Å². The van der Waals surface area contributed by atoms with Crippen molar-refractivity contribution in [3.63, 3.8) is 0 Å². The minimum Gasteiger partial charge on any atom is -0.367 e. The van der Waals surface area contributed by atoms with Gasteiger partial charge in [-0.1, -0.05) is 19.8 Å². The van der Waals surface area contributed by atoms with Crippen molar-refractivity contribution >= 4 is 5.95 Å². The molecule has 0 amide bonds. The van der Waals surface area contributed by atoms with E-state index in [0.29, 0.717) is 12.0 Å². The van der Waals surface area contributed by atoms with Crippen LogP contribution in [-0.2, 0) is 6.42 Å². The zero-order valence-corrected chi connectivity index (χ0v) is 10.6. The number of nitrogen functional groups attached to an aromatic ring is 1. The fourth-order valence-electron chi connectivity index (χ4n) is 2.80. The molecule has 0 aromatic carbocycles. The average molecular weight is 237 g/mol. The molecule has 1 aromatic heterocycles. The third-order valence-electron chi connectivity index (χ3n) is 3.73. The van der Waals surface area contributed by atoms with Gasteiger partial charge < -0.3 is 11.1 Å². The van der Waals surface area contributed by atoms with E-state index in [-0.39, 0.29) is 0 Å². The highest BCUT2D eigenvalue weighted by molar-refractivity contribution is 5.12. The van der Waals surface area contributed by atoms with Crippen molar-refractivity contribution < 1.29 is 0 Å². The SMILES string of the molecule is CC[C@H](NCCc1nc(N)n[nH]1)C1CCCC1. The number of nitrogens with one attached hydrogen (secondary N) is 2. The molecule has 1 atom stereocenters. The van der Waals surface area contributed by atoms with Gasteiger partial charge in [0.2, 0.25) is 5.95 Å². The second-order valence-corrected chi connectivity index (χ2v) is 4.90. The largest absolute Gasteiger partial charge is 0.367 e. The van der Waals surface area contributed by atoms with Crippen LogP contribution >= 0.6 is 0 Å². The van der Waals surface area contributed by atoms with E-state index in [4.69, 9.17) is 5.73 Å². The zero-order valence-electron chi connectivity index (χ0n) is 10.6. The molecular formula is C12H23N5. The van der Waals surface area contributed by atoms with Crippen LogP contribution < -0.4 is 11.1 Å². The maximum Gasteiger partial charge on any atom is 0.239 e. The molecule has 1 fully saturated rings. The van der Waals surface area contributed by atoms with Crippen LogP contribution in [-0.4, -0.2) is 27.8 Å². The van der Waals surface area contributed by atoms with Crippen molar-refractivity contribution in [1.29, 1.82) is 0 Å². The van der Waals surface area contributed by atoms with Gasteiger partial charge >= 0.3 is 0 Å². The summed E-state index contributed by atoms with van der Waals surface area (Å²) in [6.45, 7) is 3.21. The molecule has 4 N–H and O–H groups in total. The summed E-state index contributed by atoms with van der Waals surface area (Å²) in [5.74, 6) is 2.08. The molecule has 1 aliphatic carbocycles. The predicted molar refractivity (Wildman–Crippen MR) is 68.5 cm³/mol. The highest BCUT2D eigenvalue weighted by atomic mass is 15.3. The van der Waals surface area contributed by atoms with Gasteiger partial charge in [-0.2, -0.15) is 4.98 Å². The van der Waals surface area contributed by atoms with Crippen molar-refractivity contribution in [3.8, 4) is 0 Å². The highest BCUT2D eigenvalue weighted by Crippen LogP contribution is 2.28. The van der Waals surface area contributed by atoms with E-state index >= 15 is 0 Å². The summed E-state index contributed by atoms with van der Waals surface area (Å²) in [6, 6.07) is 0.665. The topological polar surface area (TPSA) is 79.6 Å². The van der Waals surface area contributed by atoms with Gasteiger partial charge in [0, 0.05) is 19.0 Å². The number of hydrogen-bond donors (Lipinski definition) is 3. The number of anilines is 1. The summed E-state index contributed by atoms with van der Waals surface area (Å²) >= 11 is 0. The number of aromatic amines is 1. The van der Waals surface area contributed by atoms with E-state index in [2.05, 4.69) is 27.4 Å². The van der Waals surface area contributed by atoms with Gasteiger partial charge in [0.05, 0.1) is 0 Å². The van der Waals surface area contributed by atoms with Gasteiger partial charge in [0.25, 0.3) is 0 Å². The second-order valence-electron chi connectivity index (χ2n) is 4.90. The summed E-state index contributed by atoms with van der Waals surface area (Å²) in [7, 11) is 0. The van der Waals surface area contributed by atoms with Gasteiger partial charge in [-0.3, -0.25) is 5.10 Å². The van der Waals surface area contributed by atoms with E-state index in [1.165, 1.54) is 32.1 Å². The van der Waals surface area contributed by atoms with Crippen LogP contribution in [0.25, 0.3) is 0 Å². The Labute approximate surface area is 103 Å². The molecule has 17 heavy (non-hydrogen) atoms. The third kappa shape index (κ3) is 3.43. The van der Waals surface area contributed by atoms with Crippen LogP contribution in [0.15, 0.2) is 0 Å². The molecule has 1 saturated carbocycles. The lowest BCUT2D eigenvalue weighted by Gasteiger charge is -2.23. The molecule has 1 aromatic rings. The van der Waals surface area contributed by atoms with Crippen LogP contribution in [0.3, 0.4) is 0 Å². The standard InChI is InChI=1S/C12H23N5/c1-2-10(9-5-3-4-6-9)14-8-7-11-15-12(13)17-16-11/h9-10,14H,2-8H2,1H3,(H3,13,15,16,17)/t10-/m0/s1. The number of hydrogen-bond acceptors (Lipinski definition) is 4. The number of nitrogens with two attached hydrogens (primary N) is 1. The molecule has 5 nitrogen and oxygen atoms in total. The van der Waals surface area contributed by atoms with Crippen molar-refractivity contribution in [2.24, 2.45) is 5.92 Å². The second kappa shape index (κ2) is 6.00. The third-order valence-corrected chi connectivity index (χ3v) is 3.73. The van der Waals surface area contributed by atoms with Crippen molar-refractivity contribution in [3.05, 3.63) is 5.82 Å². The highest BCUT2D eigenvalue weighted by Gasteiger charge is 2.22. The monoisotopic (exact) mass is 237 g/mol. The van der Waals surface area contributed by atoms with Gasteiger partial charge in [-0.05, 0) is 25.2 Å². The van der Waals surface area contributed by atoms with E-state index in [1.807, 2.05) is 0 Å². The lowest BCUT2D eigenvalue weighted by Crippen LogP contribution is -2.36. The Morgan fingerprint density at radius 3 is 2.82 bits per heavy atom. The fraction of sp³-hybridized carbons (Fsp3) is 0.833. The van der Waals surface area contributed by atoms with E-state index in [9.17, 15) is 0 Å². The molecule has 0 unspecified atom stereocenters. The Hall–Kier alpha value is -1.10. The summed E-state index contributed by atoms with van der Waals surface area (Å²) in [4.78, 5) is 4.10. The number of H-pyrrole nitrogens is 1. The molecule has 96 valence electrons. The Balaban J connectivity index is 1.72. The van der Waals surface area contributed by atoms with Crippen LogP contribution in [0.5, 0.6) is 0 Å². The van der Waals surface area contributed by atoms with Gasteiger partial charge in [0.15, 0.2) is 0 Å². The Morgan fingerprint density at radius 1 is 1.47 bits per heavy atom. The number of nitrogens with zero attached hydrogens (tertiary/aromatic N) is 2. The minimum absolute atomic E-state index is 0.336. The first-order valence-electron chi connectivity index (χ1n) is 6.69. The quantitative estimate of drug-likeness (QED) is 0.700. The summed E-state index contributed by atoms with van der Waals surface area (Å²) in [5, 5.41) is 10.3. The molecule has 0 bridgehead atoms. The van der Waals surface area contributed by atoms with Crippen molar-refractivity contribution in [1.82, 2.24) is 20.5 Å². The first-order valence-corrected chi connectivity index (χ1v) is 6.69. The lowest BCUT2D eigenvalue weighted by atomic mass is 9.96. The predicted octanol–water partition coefficient (Wildman–Crippen LogP) is 1.49. The lowest BCUT2D eigenvalue weighted by molar-refractivity contribution is 0.350. The van der Waals surface area contributed by atoms with Crippen LogP contribution in [0, 0.1) is 5.92 Å². The molecule has 0 radical (unpaired) electrons. The van der Waals surface area contributed by atoms with Gasteiger partial charge in [-0.15, -0.1) is 5.10 Å². The van der Waals surface area contributed by atoms with Gasteiger partial charge in [-0.25, -0.2) is 0 Å². The first kappa shape index (κ1) is 12.4. The first-order chi connectivity index (χ1) is 8.29. The zero-order chi connectivity index (χ0) is 12.1. The number of rotatable bonds is 6. The molecule has 0 aliphatic heterocycles. The minimum atomic E-state index is 0.336. The summed E-state index contributed by atoms with van der Waals surface area (Å²) in [6.07, 6.45) is 7.67. The van der Waals surface area contributed by atoms with E-state index < -0.39 is 0 Å². The summed E-state index contributed by atoms with van der Waals surface area (Å²) < 4.78 is 0. The smallest absolute Gasteiger partial charge is 0.239 e. The van der Waals surface area contributed by atoms with Crippen LogP contribution in [0.1, 0.15) is 44.9 Å². The fourth-order valence-corrected chi connectivity index (χ4v) is 2.80.